The third-order valence-corrected chi connectivity index (χ3v) is 6.14. The summed E-state index contributed by atoms with van der Waals surface area (Å²) in [6.07, 6.45) is 7.81. The number of morpholine rings is 1. The number of carbonyl (C=O) groups excluding carboxylic acids is 1. The van der Waals surface area contributed by atoms with E-state index in [9.17, 15) is 4.79 Å². The molecule has 1 aliphatic heterocycles. The summed E-state index contributed by atoms with van der Waals surface area (Å²) in [7, 11) is 0. The van der Waals surface area contributed by atoms with Gasteiger partial charge in [0.25, 0.3) is 0 Å². The lowest BCUT2D eigenvalue weighted by atomic mass is 10.1. The zero-order valence-corrected chi connectivity index (χ0v) is 20.2. The molecule has 1 amide bonds. The average molecular weight is 453 g/mol. The lowest BCUT2D eigenvalue weighted by Crippen LogP contribution is -2.42. The highest BCUT2D eigenvalue weighted by Gasteiger charge is 2.17. The summed E-state index contributed by atoms with van der Waals surface area (Å²) in [5, 5.41) is 0. The van der Waals surface area contributed by atoms with E-state index in [0.717, 1.165) is 69.3 Å². The lowest BCUT2D eigenvalue weighted by molar-refractivity contribution is -0.132. The molecule has 1 heterocycles. The molecular formula is C28H40N2O3. The van der Waals surface area contributed by atoms with E-state index < -0.39 is 0 Å². The zero-order chi connectivity index (χ0) is 23.1. The predicted octanol–water partition coefficient (Wildman–Crippen LogP) is 5.89. The Bertz CT molecular complexity index is 806. The molecule has 0 atom stereocenters. The highest BCUT2D eigenvalue weighted by Crippen LogP contribution is 2.23. The standard InChI is InChI=1S/C28H40N2O3/c1-2-3-4-5-6-10-16-28(31)30(18-17-29-19-21-32-22-20-29)24-25-12-11-15-27(23-25)33-26-13-8-7-9-14-26/h7-9,11-15,23H,2-6,10,16-22,24H2,1H3. The van der Waals surface area contributed by atoms with E-state index in [2.05, 4.69) is 17.9 Å². The Kier molecular flexibility index (Phi) is 11.3. The van der Waals surface area contributed by atoms with Gasteiger partial charge in [-0.25, -0.2) is 0 Å². The molecule has 180 valence electrons. The van der Waals surface area contributed by atoms with Gasteiger partial charge in [-0.05, 0) is 36.2 Å². The fraction of sp³-hybridized carbons (Fsp3) is 0.536. The molecule has 1 fully saturated rings. The number of rotatable bonds is 14. The minimum atomic E-state index is 0.258. The van der Waals surface area contributed by atoms with Crippen LogP contribution in [0.25, 0.3) is 0 Å². The quantitative estimate of drug-likeness (QED) is 0.335. The van der Waals surface area contributed by atoms with E-state index in [1.807, 2.05) is 53.4 Å². The van der Waals surface area contributed by atoms with E-state index >= 15 is 0 Å². The largest absolute Gasteiger partial charge is 0.457 e. The summed E-state index contributed by atoms with van der Waals surface area (Å²) in [5.41, 5.74) is 1.10. The van der Waals surface area contributed by atoms with Crippen LogP contribution in [0.1, 0.15) is 57.4 Å². The lowest BCUT2D eigenvalue weighted by Gasteiger charge is -2.30. The van der Waals surface area contributed by atoms with Gasteiger partial charge in [0.05, 0.1) is 13.2 Å². The maximum absolute atomic E-state index is 13.1. The minimum Gasteiger partial charge on any atom is -0.457 e. The molecule has 0 saturated carbocycles. The Hall–Kier alpha value is -2.37. The van der Waals surface area contributed by atoms with Crippen LogP contribution in [0.15, 0.2) is 54.6 Å². The van der Waals surface area contributed by atoms with Crippen molar-refractivity contribution in [3.8, 4) is 11.5 Å². The predicted molar refractivity (Wildman–Crippen MR) is 134 cm³/mol. The van der Waals surface area contributed by atoms with Gasteiger partial charge in [0, 0.05) is 39.1 Å². The van der Waals surface area contributed by atoms with Crippen LogP contribution in [0, 0.1) is 0 Å². The van der Waals surface area contributed by atoms with E-state index in [0.29, 0.717) is 13.0 Å². The van der Waals surface area contributed by atoms with Gasteiger partial charge >= 0.3 is 0 Å². The third-order valence-electron chi connectivity index (χ3n) is 6.14. The van der Waals surface area contributed by atoms with Crippen molar-refractivity contribution in [2.45, 2.75) is 58.4 Å². The van der Waals surface area contributed by atoms with Gasteiger partial charge in [-0.1, -0.05) is 69.4 Å². The summed E-state index contributed by atoms with van der Waals surface area (Å²) in [6, 6.07) is 17.9. The van der Waals surface area contributed by atoms with Crippen molar-refractivity contribution < 1.29 is 14.3 Å². The molecule has 0 spiro atoms. The molecule has 0 aliphatic carbocycles. The zero-order valence-electron chi connectivity index (χ0n) is 20.2. The summed E-state index contributed by atoms with van der Waals surface area (Å²) < 4.78 is 11.5. The van der Waals surface area contributed by atoms with Crippen LogP contribution in [0.4, 0.5) is 0 Å². The number of hydrogen-bond acceptors (Lipinski definition) is 4. The van der Waals surface area contributed by atoms with Crippen LogP contribution in [0.5, 0.6) is 11.5 Å². The molecule has 1 saturated heterocycles. The fourth-order valence-corrected chi connectivity index (χ4v) is 4.15. The number of amides is 1. The maximum Gasteiger partial charge on any atom is 0.222 e. The summed E-state index contributed by atoms with van der Waals surface area (Å²) in [4.78, 5) is 17.6. The average Bonchev–Trinajstić information content (AvgIpc) is 2.85. The minimum absolute atomic E-state index is 0.258. The molecule has 5 heteroatoms. The van der Waals surface area contributed by atoms with Crippen molar-refractivity contribution >= 4 is 5.91 Å². The van der Waals surface area contributed by atoms with Gasteiger partial charge in [0.1, 0.15) is 11.5 Å². The number of unbranched alkanes of at least 4 members (excludes halogenated alkanes) is 5. The van der Waals surface area contributed by atoms with Crippen molar-refractivity contribution in [2.75, 3.05) is 39.4 Å². The molecule has 2 aromatic carbocycles. The third kappa shape index (κ3) is 9.56. The first-order valence-electron chi connectivity index (χ1n) is 12.6. The van der Waals surface area contributed by atoms with Crippen LogP contribution in [0.3, 0.4) is 0 Å². The number of para-hydroxylation sites is 1. The van der Waals surface area contributed by atoms with Gasteiger partial charge in [-0.3, -0.25) is 9.69 Å². The molecule has 1 aliphatic rings. The highest BCUT2D eigenvalue weighted by atomic mass is 16.5. The first kappa shape index (κ1) is 25.3. The van der Waals surface area contributed by atoms with Crippen molar-refractivity contribution in [3.63, 3.8) is 0 Å². The number of ether oxygens (including phenoxy) is 2. The second-order valence-electron chi connectivity index (χ2n) is 8.85. The number of benzene rings is 2. The van der Waals surface area contributed by atoms with Crippen molar-refractivity contribution in [1.29, 1.82) is 0 Å². The molecule has 0 aromatic heterocycles. The number of hydrogen-bond donors (Lipinski definition) is 0. The van der Waals surface area contributed by atoms with E-state index in [-0.39, 0.29) is 5.91 Å². The molecule has 33 heavy (non-hydrogen) atoms. The maximum atomic E-state index is 13.1. The normalized spacial score (nSPS) is 14.2. The summed E-state index contributed by atoms with van der Waals surface area (Å²) >= 11 is 0. The molecule has 0 radical (unpaired) electrons. The van der Waals surface area contributed by atoms with Crippen LogP contribution in [-0.2, 0) is 16.1 Å². The van der Waals surface area contributed by atoms with Gasteiger partial charge < -0.3 is 14.4 Å². The molecule has 0 bridgehead atoms. The topological polar surface area (TPSA) is 42.0 Å². The molecule has 0 unspecified atom stereocenters. The highest BCUT2D eigenvalue weighted by molar-refractivity contribution is 5.76. The van der Waals surface area contributed by atoms with Gasteiger partial charge in [0.2, 0.25) is 5.91 Å². The number of nitrogens with zero attached hydrogens (tertiary/aromatic N) is 2. The van der Waals surface area contributed by atoms with Crippen LogP contribution < -0.4 is 4.74 Å². The van der Waals surface area contributed by atoms with Gasteiger partial charge in [0.15, 0.2) is 0 Å². The van der Waals surface area contributed by atoms with E-state index in [4.69, 9.17) is 9.47 Å². The van der Waals surface area contributed by atoms with Crippen LogP contribution >= 0.6 is 0 Å². The van der Waals surface area contributed by atoms with Gasteiger partial charge in [-0.15, -0.1) is 0 Å². The van der Waals surface area contributed by atoms with Crippen molar-refractivity contribution in [1.82, 2.24) is 9.80 Å². The molecular weight excluding hydrogens is 412 g/mol. The van der Waals surface area contributed by atoms with Crippen molar-refractivity contribution in [3.05, 3.63) is 60.2 Å². The second kappa shape index (κ2) is 14.7. The Morgan fingerprint density at radius 2 is 1.67 bits per heavy atom. The Morgan fingerprint density at radius 1 is 0.939 bits per heavy atom. The van der Waals surface area contributed by atoms with Crippen molar-refractivity contribution in [2.24, 2.45) is 0 Å². The Labute approximate surface area is 199 Å². The van der Waals surface area contributed by atoms with Gasteiger partial charge in [-0.2, -0.15) is 0 Å². The molecule has 2 aromatic rings. The summed E-state index contributed by atoms with van der Waals surface area (Å²) in [6.45, 7) is 7.94. The smallest absolute Gasteiger partial charge is 0.222 e. The molecule has 3 rings (SSSR count). The van der Waals surface area contributed by atoms with Crippen LogP contribution in [-0.4, -0.2) is 55.1 Å². The second-order valence-corrected chi connectivity index (χ2v) is 8.85. The van der Waals surface area contributed by atoms with Crippen LogP contribution in [0.2, 0.25) is 0 Å². The Balaban J connectivity index is 1.57. The molecule has 0 N–H and O–H groups in total. The summed E-state index contributed by atoms with van der Waals surface area (Å²) in [5.74, 6) is 1.88. The van der Waals surface area contributed by atoms with E-state index in [1.165, 1.54) is 25.7 Å². The fourth-order valence-electron chi connectivity index (χ4n) is 4.15. The SMILES string of the molecule is CCCCCCCCC(=O)N(CCN1CCOCC1)Cc1cccc(Oc2ccccc2)c1. The molecule has 5 nitrogen and oxygen atoms in total. The number of carbonyl (C=O) groups is 1. The first-order chi connectivity index (χ1) is 16.2. The first-order valence-corrected chi connectivity index (χ1v) is 12.6. The Morgan fingerprint density at radius 3 is 2.45 bits per heavy atom. The van der Waals surface area contributed by atoms with E-state index in [1.54, 1.807) is 0 Å². The monoisotopic (exact) mass is 452 g/mol.